The Labute approximate surface area is 139 Å². The number of hydrogen-bond acceptors (Lipinski definition) is 5. The molecule has 6 nitrogen and oxygen atoms in total. The van der Waals surface area contributed by atoms with Crippen LogP contribution in [-0.2, 0) is 4.74 Å². The summed E-state index contributed by atoms with van der Waals surface area (Å²) in [6.45, 7) is 3.68. The predicted octanol–water partition coefficient (Wildman–Crippen LogP) is 4.16. The lowest BCUT2D eigenvalue weighted by atomic mass is 10.1. The first-order valence-corrected chi connectivity index (χ1v) is 7.44. The maximum absolute atomic E-state index is 12.1. The predicted molar refractivity (Wildman–Crippen MR) is 95.4 cm³/mol. The average Bonchev–Trinajstić information content (AvgIpc) is 2.90. The van der Waals surface area contributed by atoms with Gasteiger partial charge in [-0.25, -0.2) is 9.79 Å². The Balaban J connectivity index is 1.82. The fourth-order valence-electron chi connectivity index (χ4n) is 2.12. The molecule has 3 rings (SSSR count). The minimum Gasteiger partial charge on any atom is -0.389 e. The lowest BCUT2D eigenvalue weighted by molar-refractivity contribution is 0.213. The molecule has 0 aliphatic carbocycles. The molecule has 0 unspecified atom stereocenters. The van der Waals surface area contributed by atoms with E-state index in [1.807, 2.05) is 56.3 Å². The summed E-state index contributed by atoms with van der Waals surface area (Å²) < 4.78 is 5.34. The lowest BCUT2D eigenvalue weighted by Gasteiger charge is -2.06. The topological polar surface area (TPSA) is 75.4 Å². The number of fused-ring (bicyclic) bond motifs is 1. The highest BCUT2D eigenvalue weighted by atomic mass is 16.6. The SMILES string of the molecule is CC(C)=N/N=C1\C(OC(=O)Nc2ccccc2)=Nc2ccccc21. The quantitative estimate of drug-likeness (QED) is 0.666. The van der Waals surface area contributed by atoms with Gasteiger partial charge in [0.15, 0.2) is 5.71 Å². The molecule has 1 N–H and O–H groups in total. The van der Waals surface area contributed by atoms with Crippen LogP contribution < -0.4 is 5.32 Å². The van der Waals surface area contributed by atoms with Crippen LogP contribution in [-0.4, -0.2) is 23.4 Å². The Kier molecular flexibility index (Phi) is 4.47. The maximum Gasteiger partial charge on any atom is 0.418 e. The van der Waals surface area contributed by atoms with E-state index in [-0.39, 0.29) is 5.90 Å². The highest BCUT2D eigenvalue weighted by Gasteiger charge is 2.26. The van der Waals surface area contributed by atoms with Crippen molar-refractivity contribution in [2.75, 3.05) is 5.32 Å². The molecule has 0 fully saturated rings. The Morgan fingerprint density at radius 1 is 1.04 bits per heavy atom. The van der Waals surface area contributed by atoms with Crippen LogP contribution in [0.15, 0.2) is 69.8 Å². The van der Waals surface area contributed by atoms with Gasteiger partial charge in [-0.3, -0.25) is 5.32 Å². The van der Waals surface area contributed by atoms with Crippen LogP contribution >= 0.6 is 0 Å². The number of ether oxygens (including phenoxy) is 1. The molecule has 0 saturated heterocycles. The first-order valence-electron chi connectivity index (χ1n) is 7.44. The van der Waals surface area contributed by atoms with E-state index in [2.05, 4.69) is 20.5 Å². The molecule has 0 spiro atoms. The monoisotopic (exact) mass is 320 g/mol. The van der Waals surface area contributed by atoms with Crippen LogP contribution in [0.3, 0.4) is 0 Å². The molecule has 2 aromatic carbocycles. The molecular formula is C18H16N4O2. The summed E-state index contributed by atoms with van der Waals surface area (Å²) in [5, 5.41) is 10.9. The molecule has 1 aliphatic heterocycles. The summed E-state index contributed by atoms with van der Waals surface area (Å²) in [6, 6.07) is 16.5. The number of amides is 1. The van der Waals surface area contributed by atoms with Crippen molar-refractivity contribution < 1.29 is 9.53 Å². The van der Waals surface area contributed by atoms with E-state index in [4.69, 9.17) is 4.74 Å². The lowest BCUT2D eigenvalue weighted by Crippen LogP contribution is -2.23. The fraction of sp³-hybridized carbons (Fsp3) is 0.111. The second-order valence-corrected chi connectivity index (χ2v) is 5.31. The van der Waals surface area contributed by atoms with Gasteiger partial charge in [0.2, 0.25) is 0 Å². The van der Waals surface area contributed by atoms with E-state index in [1.165, 1.54) is 0 Å². The number of anilines is 1. The van der Waals surface area contributed by atoms with Gasteiger partial charge in [-0.05, 0) is 32.0 Å². The molecule has 1 aliphatic rings. The van der Waals surface area contributed by atoms with Gasteiger partial charge in [-0.15, -0.1) is 5.10 Å². The Morgan fingerprint density at radius 3 is 2.50 bits per heavy atom. The van der Waals surface area contributed by atoms with Crippen LogP contribution in [0.25, 0.3) is 0 Å². The number of benzene rings is 2. The molecule has 1 amide bonds. The molecule has 0 saturated carbocycles. The molecule has 0 atom stereocenters. The summed E-state index contributed by atoms with van der Waals surface area (Å²) >= 11 is 0. The molecular weight excluding hydrogens is 304 g/mol. The third-order valence-electron chi connectivity index (χ3n) is 3.14. The van der Waals surface area contributed by atoms with Crippen molar-refractivity contribution >= 4 is 34.8 Å². The van der Waals surface area contributed by atoms with Crippen molar-refractivity contribution in [1.82, 2.24) is 0 Å². The summed E-state index contributed by atoms with van der Waals surface area (Å²) in [7, 11) is 0. The highest BCUT2D eigenvalue weighted by Crippen LogP contribution is 2.27. The zero-order valence-corrected chi connectivity index (χ0v) is 13.4. The number of carbonyl (C=O) groups excluding carboxylic acids is 1. The number of para-hydroxylation sites is 2. The van der Waals surface area contributed by atoms with Crippen molar-refractivity contribution in [3.63, 3.8) is 0 Å². The fourth-order valence-corrected chi connectivity index (χ4v) is 2.12. The van der Waals surface area contributed by atoms with Crippen molar-refractivity contribution in [2.24, 2.45) is 15.2 Å². The first kappa shape index (κ1) is 15.6. The number of rotatable bonds is 2. The van der Waals surface area contributed by atoms with Gasteiger partial charge in [0.25, 0.3) is 5.90 Å². The van der Waals surface area contributed by atoms with Crippen molar-refractivity contribution in [1.29, 1.82) is 0 Å². The third kappa shape index (κ3) is 3.55. The van der Waals surface area contributed by atoms with Gasteiger partial charge >= 0.3 is 6.09 Å². The zero-order chi connectivity index (χ0) is 16.9. The molecule has 24 heavy (non-hydrogen) atoms. The molecule has 2 aromatic rings. The van der Waals surface area contributed by atoms with Crippen LogP contribution in [0.4, 0.5) is 16.2 Å². The highest BCUT2D eigenvalue weighted by molar-refractivity contribution is 6.50. The second-order valence-electron chi connectivity index (χ2n) is 5.31. The average molecular weight is 320 g/mol. The van der Waals surface area contributed by atoms with Crippen molar-refractivity contribution in [3.8, 4) is 0 Å². The van der Waals surface area contributed by atoms with Gasteiger partial charge in [0, 0.05) is 17.0 Å². The van der Waals surface area contributed by atoms with Crippen LogP contribution in [0.1, 0.15) is 19.4 Å². The van der Waals surface area contributed by atoms with E-state index < -0.39 is 6.09 Å². The van der Waals surface area contributed by atoms with E-state index in [0.717, 1.165) is 11.3 Å². The third-order valence-corrected chi connectivity index (χ3v) is 3.14. The number of hydrogen-bond donors (Lipinski definition) is 1. The maximum atomic E-state index is 12.1. The van der Waals surface area contributed by atoms with Crippen LogP contribution in [0.2, 0.25) is 0 Å². The second kappa shape index (κ2) is 6.87. The molecule has 0 radical (unpaired) electrons. The number of nitrogens with one attached hydrogen (secondary N) is 1. The molecule has 6 heteroatoms. The molecule has 120 valence electrons. The van der Waals surface area contributed by atoms with E-state index in [9.17, 15) is 4.79 Å². The van der Waals surface area contributed by atoms with E-state index in [1.54, 1.807) is 12.1 Å². The molecule has 1 heterocycles. The summed E-state index contributed by atoms with van der Waals surface area (Å²) in [6.07, 6.45) is -0.627. The normalized spacial score (nSPS) is 13.9. The molecule has 0 bridgehead atoms. The summed E-state index contributed by atoms with van der Waals surface area (Å²) in [5.41, 5.74) is 3.35. The Morgan fingerprint density at radius 2 is 1.75 bits per heavy atom. The van der Waals surface area contributed by atoms with Gasteiger partial charge in [-0.2, -0.15) is 5.10 Å². The first-order chi connectivity index (χ1) is 11.6. The Hall–Kier alpha value is -3.28. The van der Waals surface area contributed by atoms with Crippen LogP contribution in [0, 0.1) is 0 Å². The van der Waals surface area contributed by atoms with Crippen molar-refractivity contribution in [3.05, 3.63) is 60.2 Å². The number of carbonyl (C=O) groups is 1. The minimum absolute atomic E-state index is 0.134. The Bertz CT molecular complexity index is 850. The summed E-state index contributed by atoms with van der Waals surface area (Å²) in [4.78, 5) is 16.4. The number of nitrogens with zero attached hydrogens (tertiary/aromatic N) is 3. The largest absolute Gasteiger partial charge is 0.418 e. The minimum atomic E-state index is -0.627. The van der Waals surface area contributed by atoms with Crippen LogP contribution in [0.5, 0.6) is 0 Å². The number of aliphatic imine (C=N–C) groups is 1. The molecule has 0 aromatic heterocycles. The van der Waals surface area contributed by atoms with Gasteiger partial charge in [0.05, 0.1) is 5.69 Å². The van der Waals surface area contributed by atoms with Gasteiger partial charge in [-0.1, -0.05) is 36.4 Å². The van der Waals surface area contributed by atoms with Crippen molar-refractivity contribution in [2.45, 2.75) is 13.8 Å². The zero-order valence-electron chi connectivity index (χ0n) is 13.4. The van der Waals surface area contributed by atoms with Gasteiger partial charge < -0.3 is 4.74 Å². The smallest absolute Gasteiger partial charge is 0.389 e. The van der Waals surface area contributed by atoms with Gasteiger partial charge in [0.1, 0.15) is 0 Å². The standard InChI is InChI=1S/C18H16N4O2/c1-12(2)21-22-16-14-10-6-7-11-15(14)20-17(16)24-18(23)19-13-8-4-3-5-9-13/h3-11H,1-2H3,(H,19,23)/b22-16-. The summed E-state index contributed by atoms with van der Waals surface area (Å²) in [5.74, 6) is 0.134. The van der Waals surface area contributed by atoms with E-state index >= 15 is 0 Å². The van der Waals surface area contributed by atoms with E-state index in [0.29, 0.717) is 17.1 Å².